The number of nitrogens with zero attached hydrogens (tertiary/aromatic N) is 5. The maximum absolute atomic E-state index is 14.6. The lowest BCUT2D eigenvalue weighted by Gasteiger charge is -2.55. The number of benzene rings is 4. The number of methoxy groups -OCH3 is 1. The minimum Gasteiger partial charge on any atom is -0.508 e. The Kier molecular flexibility index (Phi) is 10.2. The second kappa shape index (κ2) is 15.3. The second-order valence-corrected chi connectivity index (χ2v) is 13.5. The van der Waals surface area contributed by atoms with Crippen LogP contribution in [-0.2, 0) is 40.9 Å². The number of ether oxygens (including phenoxy) is 1. The number of phenols is 1. The number of aromatic hydroxyl groups is 1. The van der Waals surface area contributed by atoms with E-state index in [-0.39, 0.29) is 56.7 Å². The van der Waals surface area contributed by atoms with Gasteiger partial charge in [0.25, 0.3) is 0 Å². The number of rotatable bonds is 10. The van der Waals surface area contributed by atoms with Crippen molar-refractivity contribution < 1.29 is 29.0 Å². The lowest BCUT2D eigenvalue weighted by atomic mass is 9.97. The predicted octanol–water partition coefficient (Wildman–Crippen LogP) is 5.07. The summed E-state index contributed by atoms with van der Waals surface area (Å²) < 4.78 is 6.90. The van der Waals surface area contributed by atoms with Gasteiger partial charge in [0.1, 0.15) is 18.0 Å². The van der Waals surface area contributed by atoms with Gasteiger partial charge in [-0.1, -0.05) is 78.9 Å². The SMILES string of the molecule is C=CCN1CC(=O)N2[C@@H](Cc3ccc(O)cc3)C(=O)N(Cc3cccc4c(-c5ccc(C(=O)OC)cc5)cn(C)c34)C[C@@H]2N1C(=O)NCc1ccccc1. The zero-order valence-electron chi connectivity index (χ0n) is 30.2. The molecule has 0 aliphatic carbocycles. The standard InChI is InChI=1S/C42H42N6O6/c1-4-21-46-27-38(50)47-36(22-28-13-19-33(49)20-14-28)40(51)45(26-37(47)48(46)42(53)43-23-29-9-6-5-7-10-29)24-32-11-8-12-34-35(25-44(2)39(32)34)30-15-17-31(18-16-30)41(52)54-3/h4-20,25,36-37,49H,1,21-24,26-27H2,2-3H3,(H,43,53)/t36-,37-/m0/s1. The van der Waals surface area contributed by atoms with Gasteiger partial charge in [-0.05, 0) is 46.5 Å². The molecule has 2 fully saturated rings. The lowest BCUT2D eigenvalue weighted by Crippen LogP contribution is -2.76. The number of carbonyl (C=O) groups excluding carboxylic acids is 4. The molecule has 0 spiro atoms. The number of aromatic nitrogens is 1. The summed E-state index contributed by atoms with van der Waals surface area (Å²) in [5.41, 5.74) is 5.85. The maximum atomic E-state index is 14.6. The van der Waals surface area contributed by atoms with Gasteiger partial charge >= 0.3 is 12.0 Å². The van der Waals surface area contributed by atoms with Gasteiger partial charge in [0.05, 0.1) is 31.3 Å². The van der Waals surface area contributed by atoms with Crippen LogP contribution < -0.4 is 5.32 Å². The number of phenolic OH excluding ortho intramolecular Hbond substituents is 1. The van der Waals surface area contributed by atoms with Crippen molar-refractivity contribution >= 4 is 34.7 Å². The highest BCUT2D eigenvalue weighted by atomic mass is 16.5. The van der Waals surface area contributed by atoms with Crippen LogP contribution in [0.15, 0.2) is 116 Å². The summed E-state index contributed by atoms with van der Waals surface area (Å²) in [4.78, 5) is 58.2. The Bertz CT molecular complexity index is 2200. The highest BCUT2D eigenvalue weighted by Crippen LogP contribution is 2.35. The first-order valence-corrected chi connectivity index (χ1v) is 17.8. The van der Waals surface area contributed by atoms with E-state index in [4.69, 9.17) is 4.74 Å². The fourth-order valence-electron chi connectivity index (χ4n) is 7.57. The van der Waals surface area contributed by atoms with Crippen LogP contribution >= 0.6 is 0 Å². The summed E-state index contributed by atoms with van der Waals surface area (Å²) in [6.07, 6.45) is 3.06. The van der Waals surface area contributed by atoms with Crippen LogP contribution in [0.3, 0.4) is 0 Å². The number of esters is 1. The van der Waals surface area contributed by atoms with Crippen molar-refractivity contribution in [3.8, 4) is 16.9 Å². The molecule has 3 heterocycles. The lowest BCUT2D eigenvalue weighted by molar-refractivity contribution is -0.189. The van der Waals surface area contributed by atoms with Crippen molar-refractivity contribution in [2.75, 3.05) is 26.7 Å². The van der Waals surface area contributed by atoms with Crippen LogP contribution in [0.1, 0.15) is 27.0 Å². The van der Waals surface area contributed by atoms with E-state index < -0.39 is 24.2 Å². The van der Waals surface area contributed by atoms with E-state index in [2.05, 4.69) is 11.9 Å². The van der Waals surface area contributed by atoms with Crippen molar-refractivity contribution in [2.45, 2.75) is 31.7 Å². The van der Waals surface area contributed by atoms with E-state index in [1.807, 2.05) is 78.5 Å². The van der Waals surface area contributed by atoms with Crippen molar-refractivity contribution in [2.24, 2.45) is 7.05 Å². The first-order valence-electron chi connectivity index (χ1n) is 17.8. The molecule has 0 saturated carbocycles. The van der Waals surface area contributed by atoms with Crippen molar-refractivity contribution in [3.63, 3.8) is 0 Å². The average Bonchev–Trinajstić information content (AvgIpc) is 3.53. The molecule has 54 heavy (non-hydrogen) atoms. The highest BCUT2D eigenvalue weighted by Gasteiger charge is 2.51. The number of carbonyl (C=O) groups is 4. The summed E-state index contributed by atoms with van der Waals surface area (Å²) in [7, 11) is 3.31. The minimum absolute atomic E-state index is 0.0751. The molecule has 4 aromatic carbocycles. The molecule has 2 aliphatic rings. The van der Waals surface area contributed by atoms with Gasteiger partial charge in [0, 0.05) is 50.2 Å². The number of amides is 4. The Morgan fingerprint density at radius 1 is 0.944 bits per heavy atom. The number of piperazine rings is 1. The predicted molar refractivity (Wildman–Crippen MR) is 204 cm³/mol. The normalized spacial score (nSPS) is 17.4. The number of urea groups is 1. The van der Waals surface area contributed by atoms with Crippen molar-refractivity contribution in [1.82, 2.24) is 29.7 Å². The molecule has 2 N–H and O–H groups in total. The first-order chi connectivity index (χ1) is 26.2. The van der Waals surface area contributed by atoms with E-state index in [9.17, 15) is 24.3 Å². The average molecular weight is 727 g/mol. The molecule has 2 saturated heterocycles. The fourth-order valence-corrected chi connectivity index (χ4v) is 7.57. The van der Waals surface area contributed by atoms with E-state index in [0.717, 1.165) is 38.7 Å². The molecule has 2 atom stereocenters. The largest absolute Gasteiger partial charge is 0.508 e. The third kappa shape index (κ3) is 7.03. The molecule has 4 amide bonds. The van der Waals surface area contributed by atoms with Gasteiger partial charge in [0.2, 0.25) is 11.8 Å². The van der Waals surface area contributed by atoms with Crippen LogP contribution in [0.2, 0.25) is 0 Å². The molecule has 7 rings (SSSR count). The van der Waals surface area contributed by atoms with E-state index in [1.165, 1.54) is 7.11 Å². The molecule has 12 heteroatoms. The number of hydrogen-bond donors (Lipinski definition) is 2. The Morgan fingerprint density at radius 3 is 2.39 bits per heavy atom. The molecular weight excluding hydrogens is 684 g/mol. The van der Waals surface area contributed by atoms with Crippen LogP contribution in [-0.4, -0.2) is 92.3 Å². The van der Waals surface area contributed by atoms with Crippen LogP contribution in [0.4, 0.5) is 4.79 Å². The summed E-state index contributed by atoms with van der Waals surface area (Å²) >= 11 is 0. The molecular formula is C42H42N6O6. The first kappa shape index (κ1) is 36.0. The van der Waals surface area contributed by atoms with Gasteiger partial charge < -0.3 is 29.5 Å². The van der Waals surface area contributed by atoms with Gasteiger partial charge in [-0.3, -0.25) is 9.59 Å². The van der Waals surface area contributed by atoms with Gasteiger partial charge in [-0.2, -0.15) is 0 Å². The minimum atomic E-state index is -0.910. The van der Waals surface area contributed by atoms with Crippen molar-refractivity contribution in [1.29, 1.82) is 0 Å². The monoisotopic (exact) mass is 726 g/mol. The summed E-state index contributed by atoms with van der Waals surface area (Å²) in [5.74, 6) is -0.815. The molecule has 276 valence electrons. The number of para-hydroxylation sites is 1. The number of aryl methyl sites for hydroxylation is 1. The Morgan fingerprint density at radius 2 is 1.69 bits per heavy atom. The van der Waals surface area contributed by atoms with Crippen molar-refractivity contribution in [3.05, 3.63) is 138 Å². The van der Waals surface area contributed by atoms with Gasteiger partial charge in [-0.25, -0.2) is 19.6 Å². The molecule has 5 aromatic rings. The quantitative estimate of drug-likeness (QED) is 0.152. The second-order valence-electron chi connectivity index (χ2n) is 13.5. The Labute approximate surface area is 313 Å². The molecule has 12 nitrogen and oxygen atoms in total. The number of fused-ring (bicyclic) bond motifs is 2. The molecule has 1 aromatic heterocycles. The molecule has 0 unspecified atom stereocenters. The van der Waals surface area contributed by atoms with Crippen LogP contribution in [0, 0.1) is 0 Å². The summed E-state index contributed by atoms with van der Waals surface area (Å²) in [6.45, 7) is 4.60. The van der Waals surface area contributed by atoms with Crippen LogP contribution in [0.5, 0.6) is 5.75 Å². The van der Waals surface area contributed by atoms with E-state index in [1.54, 1.807) is 62.3 Å². The molecule has 0 radical (unpaired) electrons. The number of hydrogen-bond acceptors (Lipinski definition) is 7. The summed E-state index contributed by atoms with van der Waals surface area (Å²) in [6, 6.07) is 28.1. The molecule has 2 aliphatic heterocycles. The molecule has 0 bridgehead atoms. The Balaban J connectivity index is 1.25. The Hall–Kier alpha value is -6.40. The number of hydrazine groups is 1. The van der Waals surface area contributed by atoms with E-state index in [0.29, 0.717) is 5.56 Å². The fraction of sp³-hybridized carbons (Fsp3) is 0.238. The summed E-state index contributed by atoms with van der Waals surface area (Å²) in [5, 5.41) is 17.2. The van der Waals surface area contributed by atoms with Crippen LogP contribution in [0.25, 0.3) is 22.0 Å². The maximum Gasteiger partial charge on any atom is 0.337 e. The number of nitrogens with one attached hydrogen (secondary N) is 1. The zero-order valence-corrected chi connectivity index (χ0v) is 30.2. The third-order valence-corrected chi connectivity index (χ3v) is 10.1. The third-order valence-electron chi connectivity index (χ3n) is 10.1. The van der Waals surface area contributed by atoms with Gasteiger partial charge in [0.15, 0.2) is 0 Å². The van der Waals surface area contributed by atoms with Gasteiger partial charge in [-0.15, -0.1) is 6.58 Å². The van der Waals surface area contributed by atoms with E-state index >= 15 is 0 Å². The highest BCUT2D eigenvalue weighted by molar-refractivity contribution is 5.99. The smallest absolute Gasteiger partial charge is 0.337 e. The topological polar surface area (TPSA) is 128 Å². The zero-order chi connectivity index (χ0) is 37.9.